The van der Waals surface area contributed by atoms with Gasteiger partial charge in [-0.05, 0) is 43.4 Å². The highest BCUT2D eigenvalue weighted by molar-refractivity contribution is 7.89. The molecule has 180 valence electrons. The molecule has 1 saturated heterocycles. The molecule has 0 aliphatic carbocycles. The number of hydrogen-bond acceptors (Lipinski definition) is 5. The van der Waals surface area contributed by atoms with Gasteiger partial charge in [-0.2, -0.15) is 22.6 Å². The Morgan fingerprint density at radius 3 is 2.18 bits per heavy atom. The summed E-state index contributed by atoms with van der Waals surface area (Å²) in [6, 6.07) is 13.0. The first kappa shape index (κ1) is 23.9. The van der Waals surface area contributed by atoms with E-state index >= 15 is 0 Å². The fourth-order valence-corrected chi connectivity index (χ4v) is 5.06. The molecule has 1 aliphatic rings. The zero-order valence-corrected chi connectivity index (χ0v) is 19.0. The first-order valence-electron chi connectivity index (χ1n) is 10.4. The molecule has 12 heteroatoms. The van der Waals surface area contributed by atoms with E-state index in [2.05, 4.69) is 10.4 Å². The Hall–Kier alpha value is -3.22. The molecule has 0 unspecified atom stereocenters. The van der Waals surface area contributed by atoms with Crippen molar-refractivity contribution < 1.29 is 26.4 Å². The second-order valence-corrected chi connectivity index (χ2v) is 9.78. The summed E-state index contributed by atoms with van der Waals surface area (Å²) in [7, 11) is -1.79. The summed E-state index contributed by atoms with van der Waals surface area (Å²) in [5.74, 6) is -1.01. The maximum absolute atomic E-state index is 13.8. The molecule has 0 atom stereocenters. The van der Waals surface area contributed by atoms with Gasteiger partial charge in [-0.15, -0.1) is 0 Å². The number of alkyl halides is 3. The van der Waals surface area contributed by atoms with Gasteiger partial charge >= 0.3 is 6.18 Å². The van der Waals surface area contributed by atoms with Gasteiger partial charge in [-0.3, -0.25) is 4.79 Å². The van der Waals surface area contributed by atoms with Gasteiger partial charge in [0.25, 0.3) is 5.91 Å². The van der Waals surface area contributed by atoms with Crippen molar-refractivity contribution in [1.82, 2.24) is 19.0 Å². The summed E-state index contributed by atoms with van der Waals surface area (Å²) in [6.45, 7) is 1.96. The number of likely N-dealkylation sites (N-methyl/N-ethyl adjacent to an activating group) is 1. The number of hydrogen-bond donors (Lipinski definition) is 1. The van der Waals surface area contributed by atoms with Gasteiger partial charge in [0.2, 0.25) is 10.0 Å². The van der Waals surface area contributed by atoms with Gasteiger partial charge in [0.15, 0.2) is 5.69 Å². The molecule has 8 nitrogen and oxygen atoms in total. The maximum Gasteiger partial charge on any atom is 0.434 e. The van der Waals surface area contributed by atoms with Crippen LogP contribution in [0.15, 0.2) is 65.7 Å². The number of carbonyl (C=O) groups is 1. The lowest BCUT2D eigenvalue weighted by Crippen LogP contribution is -2.46. The van der Waals surface area contributed by atoms with E-state index in [0.717, 1.165) is 6.20 Å². The maximum atomic E-state index is 13.8. The summed E-state index contributed by atoms with van der Waals surface area (Å²) in [5.41, 5.74) is -1.54. The first-order chi connectivity index (χ1) is 16.1. The third-order valence-electron chi connectivity index (χ3n) is 5.50. The highest BCUT2D eigenvalue weighted by Crippen LogP contribution is 2.34. The normalized spacial score (nSPS) is 15.9. The van der Waals surface area contributed by atoms with E-state index < -0.39 is 33.4 Å². The van der Waals surface area contributed by atoms with E-state index in [9.17, 15) is 26.4 Å². The highest BCUT2D eigenvalue weighted by Gasteiger charge is 2.40. The Bertz CT molecular complexity index is 1270. The second kappa shape index (κ2) is 9.20. The van der Waals surface area contributed by atoms with Crippen molar-refractivity contribution in [2.45, 2.75) is 11.1 Å². The van der Waals surface area contributed by atoms with Crippen molar-refractivity contribution in [2.75, 3.05) is 38.5 Å². The van der Waals surface area contributed by atoms with Crippen molar-refractivity contribution in [3.05, 3.63) is 72.1 Å². The Morgan fingerprint density at radius 2 is 1.59 bits per heavy atom. The standard InChI is InChI=1S/C22H22F3N5O3S/c1-28-11-13-29(14-12-28)34(32,33)18-9-7-16(8-10-18)27-21(31)19-15-26-30(20(19)22(23,24)25)17-5-3-2-4-6-17/h2-10,15H,11-14H2,1H3,(H,27,31). The van der Waals surface area contributed by atoms with Gasteiger partial charge < -0.3 is 10.2 Å². The molecule has 1 fully saturated rings. The van der Waals surface area contributed by atoms with Crippen molar-refractivity contribution in [1.29, 1.82) is 0 Å². The minimum Gasteiger partial charge on any atom is -0.322 e. The van der Waals surface area contributed by atoms with E-state index in [1.807, 2.05) is 11.9 Å². The number of para-hydroxylation sites is 1. The van der Waals surface area contributed by atoms with Gasteiger partial charge in [0.1, 0.15) is 0 Å². The van der Waals surface area contributed by atoms with Crippen LogP contribution in [0.1, 0.15) is 16.1 Å². The quantitative estimate of drug-likeness (QED) is 0.590. The minimum atomic E-state index is -4.83. The highest BCUT2D eigenvalue weighted by atomic mass is 32.2. The summed E-state index contributed by atoms with van der Waals surface area (Å²) >= 11 is 0. The van der Waals surface area contributed by atoms with Crippen molar-refractivity contribution in [2.24, 2.45) is 0 Å². The van der Waals surface area contributed by atoms with Crippen LogP contribution >= 0.6 is 0 Å². The molecule has 0 saturated carbocycles. The van der Waals surface area contributed by atoms with Crippen LogP contribution in [0, 0.1) is 0 Å². The Labute approximate surface area is 194 Å². The molecular weight excluding hydrogens is 471 g/mol. The average molecular weight is 494 g/mol. The molecule has 2 heterocycles. The van der Waals surface area contributed by atoms with Crippen LogP contribution in [-0.2, 0) is 16.2 Å². The van der Waals surface area contributed by atoms with Crippen LogP contribution in [0.2, 0.25) is 0 Å². The van der Waals surface area contributed by atoms with E-state index in [-0.39, 0.29) is 16.3 Å². The Balaban J connectivity index is 1.55. The molecule has 34 heavy (non-hydrogen) atoms. The average Bonchev–Trinajstić information content (AvgIpc) is 3.27. The molecule has 1 aromatic heterocycles. The number of amides is 1. The summed E-state index contributed by atoms with van der Waals surface area (Å²) in [6.07, 6.45) is -3.98. The van der Waals surface area contributed by atoms with Gasteiger partial charge in [-0.1, -0.05) is 18.2 Å². The first-order valence-corrected chi connectivity index (χ1v) is 11.8. The molecule has 4 rings (SSSR count). The number of carbonyl (C=O) groups excluding carboxylic acids is 1. The molecule has 2 aromatic carbocycles. The smallest absolute Gasteiger partial charge is 0.322 e. The molecule has 0 radical (unpaired) electrons. The lowest BCUT2D eigenvalue weighted by atomic mass is 10.2. The number of nitrogens with zero attached hydrogens (tertiary/aromatic N) is 4. The van der Waals surface area contributed by atoms with Crippen molar-refractivity contribution >= 4 is 21.6 Å². The SMILES string of the molecule is CN1CCN(S(=O)(=O)c2ccc(NC(=O)c3cnn(-c4ccccc4)c3C(F)(F)F)cc2)CC1. The van der Waals surface area contributed by atoms with Crippen LogP contribution in [0.5, 0.6) is 0 Å². The van der Waals surface area contributed by atoms with E-state index in [4.69, 9.17) is 0 Å². The largest absolute Gasteiger partial charge is 0.434 e. The summed E-state index contributed by atoms with van der Waals surface area (Å²) < 4.78 is 69.1. The van der Waals surface area contributed by atoms with E-state index in [0.29, 0.717) is 30.9 Å². The van der Waals surface area contributed by atoms with Gasteiger partial charge in [0, 0.05) is 31.9 Å². The molecule has 1 amide bonds. The fraction of sp³-hybridized carbons (Fsp3) is 0.273. The number of anilines is 1. The predicted octanol–water partition coefficient (Wildman–Crippen LogP) is 3.08. The molecule has 1 aliphatic heterocycles. The van der Waals surface area contributed by atoms with Gasteiger partial charge in [0.05, 0.1) is 22.3 Å². The van der Waals surface area contributed by atoms with Crippen molar-refractivity contribution in [3.8, 4) is 5.69 Å². The summed E-state index contributed by atoms with van der Waals surface area (Å²) in [5, 5.41) is 6.16. The number of benzene rings is 2. The van der Waals surface area contributed by atoms with Crippen LogP contribution in [0.4, 0.5) is 18.9 Å². The van der Waals surface area contributed by atoms with Crippen LogP contribution in [0.25, 0.3) is 5.69 Å². The van der Waals surface area contributed by atoms with E-state index in [1.165, 1.54) is 40.7 Å². The lowest BCUT2D eigenvalue weighted by molar-refractivity contribution is -0.143. The minimum absolute atomic E-state index is 0.0444. The zero-order valence-electron chi connectivity index (χ0n) is 18.2. The molecular formula is C22H22F3N5O3S. The topological polar surface area (TPSA) is 87.5 Å². The Kier molecular flexibility index (Phi) is 6.47. The molecule has 3 aromatic rings. The number of piperazine rings is 1. The second-order valence-electron chi connectivity index (χ2n) is 7.84. The number of halogens is 3. The van der Waals surface area contributed by atoms with Crippen LogP contribution < -0.4 is 5.32 Å². The third kappa shape index (κ3) is 4.83. The predicted molar refractivity (Wildman–Crippen MR) is 119 cm³/mol. The number of aromatic nitrogens is 2. The molecule has 0 spiro atoms. The third-order valence-corrected chi connectivity index (χ3v) is 7.41. The number of sulfonamides is 1. The number of nitrogens with one attached hydrogen (secondary N) is 1. The van der Waals surface area contributed by atoms with Crippen LogP contribution in [0.3, 0.4) is 0 Å². The van der Waals surface area contributed by atoms with E-state index in [1.54, 1.807) is 18.2 Å². The summed E-state index contributed by atoms with van der Waals surface area (Å²) in [4.78, 5) is 14.8. The van der Waals surface area contributed by atoms with Gasteiger partial charge in [-0.25, -0.2) is 13.1 Å². The number of rotatable bonds is 5. The van der Waals surface area contributed by atoms with Crippen molar-refractivity contribution in [3.63, 3.8) is 0 Å². The zero-order chi connectivity index (χ0) is 24.5. The Morgan fingerprint density at radius 1 is 0.971 bits per heavy atom. The lowest BCUT2D eigenvalue weighted by Gasteiger charge is -2.31. The van der Waals surface area contributed by atoms with Crippen LogP contribution in [-0.4, -0.2) is 66.5 Å². The monoisotopic (exact) mass is 493 g/mol. The molecule has 1 N–H and O–H groups in total. The fourth-order valence-electron chi connectivity index (χ4n) is 3.64. The molecule has 0 bridgehead atoms.